The first kappa shape index (κ1) is 28.2. The summed E-state index contributed by atoms with van der Waals surface area (Å²) in [6.45, 7) is 6.53. The van der Waals surface area contributed by atoms with Crippen LogP contribution in [-0.4, -0.2) is 42.1 Å². The third-order valence-electron chi connectivity index (χ3n) is 5.54. The van der Waals surface area contributed by atoms with Crippen LogP contribution in [0.25, 0.3) is 0 Å². The third kappa shape index (κ3) is 7.32. The number of hydrogen-bond acceptors (Lipinski definition) is 8. The molecule has 0 bridgehead atoms. The fourth-order valence-electron chi connectivity index (χ4n) is 3.46. The number of carbonyl (C=O) groups excluding carboxylic acids is 3. The van der Waals surface area contributed by atoms with E-state index in [9.17, 15) is 14.4 Å². The monoisotopic (exact) mass is 520 g/mol. The van der Waals surface area contributed by atoms with E-state index in [2.05, 4.69) is 10.3 Å². The lowest BCUT2D eigenvalue weighted by Crippen LogP contribution is -2.42. The number of esters is 2. The molecule has 3 atom stereocenters. The van der Waals surface area contributed by atoms with Gasteiger partial charge in [0.05, 0.1) is 13.0 Å². The molecule has 1 N–H and O–H groups in total. The second-order valence-corrected chi connectivity index (χ2v) is 8.87. The molecule has 0 aliphatic rings. The van der Waals surface area contributed by atoms with Gasteiger partial charge in [0.2, 0.25) is 5.75 Å². The van der Waals surface area contributed by atoms with Crippen LogP contribution >= 0.6 is 0 Å². The van der Waals surface area contributed by atoms with Crippen LogP contribution < -0.4 is 19.5 Å². The molecule has 9 heteroatoms. The first-order valence-electron chi connectivity index (χ1n) is 12.2. The van der Waals surface area contributed by atoms with Gasteiger partial charge in [-0.3, -0.25) is 9.59 Å². The number of para-hydroxylation sites is 1. The number of nitrogens with zero attached hydrogens (tertiary/aromatic N) is 1. The summed E-state index contributed by atoms with van der Waals surface area (Å²) >= 11 is 0. The van der Waals surface area contributed by atoms with Crippen molar-refractivity contribution < 1.29 is 33.3 Å². The molecule has 0 saturated carbocycles. The summed E-state index contributed by atoms with van der Waals surface area (Å²) in [5.41, 5.74) is 0.631. The van der Waals surface area contributed by atoms with E-state index in [-0.39, 0.29) is 17.2 Å². The van der Waals surface area contributed by atoms with Crippen molar-refractivity contribution in [2.45, 2.75) is 45.9 Å². The van der Waals surface area contributed by atoms with Crippen LogP contribution in [0.1, 0.15) is 49.9 Å². The molecule has 0 aliphatic carbocycles. The van der Waals surface area contributed by atoms with Gasteiger partial charge in [-0.25, -0.2) is 9.78 Å². The number of hydrogen-bond donors (Lipinski definition) is 1. The Kier molecular flexibility index (Phi) is 9.81. The van der Waals surface area contributed by atoms with Crippen LogP contribution in [-0.2, 0) is 14.3 Å². The third-order valence-corrected chi connectivity index (χ3v) is 5.54. The normalized spacial score (nSPS) is 13.1. The van der Waals surface area contributed by atoms with E-state index in [4.69, 9.17) is 18.9 Å². The fourth-order valence-corrected chi connectivity index (χ4v) is 3.46. The molecule has 1 aromatic heterocycles. The highest BCUT2D eigenvalue weighted by Crippen LogP contribution is 2.30. The topological polar surface area (TPSA) is 113 Å². The number of methoxy groups -OCH3 is 1. The number of rotatable bonds is 11. The lowest BCUT2D eigenvalue weighted by atomic mass is 10.0. The first-order valence-corrected chi connectivity index (χ1v) is 12.2. The van der Waals surface area contributed by atoms with E-state index in [0.717, 1.165) is 5.56 Å². The lowest BCUT2D eigenvalue weighted by molar-refractivity contribution is -0.154. The number of ether oxygens (including phenoxy) is 4. The Labute approximate surface area is 222 Å². The highest BCUT2D eigenvalue weighted by atomic mass is 16.6. The van der Waals surface area contributed by atoms with Crippen LogP contribution in [0.4, 0.5) is 0 Å². The summed E-state index contributed by atoms with van der Waals surface area (Å²) in [7, 11) is 1.38. The number of carbonyl (C=O) groups is 3. The van der Waals surface area contributed by atoms with Gasteiger partial charge in [0, 0.05) is 12.3 Å². The van der Waals surface area contributed by atoms with Crippen molar-refractivity contribution in [3.8, 4) is 17.2 Å². The number of nitrogens with one attached hydrogen (secondary N) is 1. The predicted molar refractivity (Wildman–Crippen MR) is 140 cm³/mol. The van der Waals surface area contributed by atoms with E-state index >= 15 is 0 Å². The smallest absolute Gasteiger partial charge is 0.328 e. The Balaban J connectivity index is 1.73. The zero-order valence-electron chi connectivity index (χ0n) is 22.0. The Morgan fingerprint density at radius 3 is 2.08 bits per heavy atom. The highest BCUT2D eigenvalue weighted by Gasteiger charge is 2.29. The number of benzene rings is 2. The molecule has 200 valence electrons. The molecule has 2 aromatic carbocycles. The molecule has 3 rings (SSSR count). The van der Waals surface area contributed by atoms with Crippen LogP contribution in [0.15, 0.2) is 72.9 Å². The first-order chi connectivity index (χ1) is 18.2. The average molecular weight is 521 g/mol. The van der Waals surface area contributed by atoms with E-state index in [1.165, 1.54) is 26.3 Å². The summed E-state index contributed by atoms with van der Waals surface area (Å²) in [6.07, 6.45) is 0.0613. The molecule has 0 spiro atoms. The maximum Gasteiger partial charge on any atom is 0.328 e. The molecule has 1 heterocycles. The van der Waals surface area contributed by atoms with Gasteiger partial charge in [-0.15, -0.1) is 0 Å². The molecule has 9 nitrogen and oxygen atoms in total. The quantitative estimate of drug-likeness (QED) is 0.367. The maximum atomic E-state index is 13.0. The van der Waals surface area contributed by atoms with Crippen molar-refractivity contribution in [3.05, 3.63) is 84.2 Å². The zero-order chi connectivity index (χ0) is 27.7. The zero-order valence-corrected chi connectivity index (χ0v) is 22.0. The fraction of sp³-hybridized carbons (Fsp3) is 0.310. The summed E-state index contributed by atoms with van der Waals surface area (Å²) in [5.74, 6) is -1.75. The van der Waals surface area contributed by atoms with Gasteiger partial charge in [0.15, 0.2) is 17.5 Å². The molecule has 0 aliphatic heterocycles. The van der Waals surface area contributed by atoms with Gasteiger partial charge >= 0.3 is 11.9 Å². The van der Waals surface area contributed by atoms with E-state index < -0.39 is 42.0 Å². The number of amides is 1. The summed E-state index contributed by atoms with van der Waals surface area (Å²) < 4.78 is 22.5. The molecule has 3 aromatic rings. The maximum absolute atomic E-state index is 13.0. The van der Waals surface area contributed by atoms with Crippen LogP contribution in [0.2, 0.25) is 0 Å². The van der Waals surface area contributed by atoms with Crippen LogP contribution in [0, 0.1) is 5.92 Å². The molecule has 0 saturated heterocycles. The minimum absolute atomic E-state index is 0.125. The Morgan fingerprint density at radius 1 is 0.842 bits per heavy atom. The second-order valence-electron chi connectivity index (χ2n) is 8.87. The molecule has 1 amide bonds. The van der Waals surface area contributed by atoms with Crippen molar-refractivity contribution in [2.75, 3.05) is 7.11 Å². The average Bonchev–Trinajstić information content (AvgIpc) is 2.92. The Bertz CT molecular complexity index is 1230. The van der Waals surface area contributed by atoms with E-state index in [1.807, 2.05) is 60.7 Å². The lowest BCUT2D eigenvalue weighted by Gasteiger charge is -2.27. The molecular weight excluding hydrogens is 488 g/mol. The van der Waals surface area contributed by atoms with E-state index in [0.29, 0.717) is 5.75 Å². The number of pyridine rings is 1. The minimum atomic E-state index is -1.04. The van der Waals surface area contributed by atoms with Crippen LogP contribution in [0.3, 0.4) is 0 Å². The van der Waals surface area contributed by atoms with Crippen molar-refractivity contribution >= 4 is 17.8 Å². The second kappa shape index (κ2) is 13.2. The molecular formula is C29H32N2O7. The molecule has 0 fully saturated rings. The van der Waals surface area contributed by atoms with Gasteiger partial charge in [-0.1, -0.05) is 62.4 Å². The van der Waals surface area contributed by atoms with Crippen molar-refractivity contribution in [1.82, 2.24) is 10.3 Å². The van der Waals surface area contributed by atoms with Gasteiger partial charge in [0.1, 0.15) is 17.9 Å². The van der Waals surface area contributed by atoms with Crippen LogP contribution in [0.5, 0.6) is 17.2 Å². The van der Waals surface area contributed by atoms with Crippen molar-refractivity contribution in [3.63, 3.8) is 0 Å². The summed E-state index contributed by atoms with van der Waals surface area (Å²) in [6, 6.07) is 19.1. The predicted octanol–water partition coefficient (Wildman–Crippen LogP) is 4.52. The Morgan fingerprint density at radius 2 is 1.47 bits per heavy atom. The number of aromatic nitrogens is 1. The van der Waals surface area contributed by atoms with Gasteiger partial charge in [0.25, 0.3) is 5.91 Å². The molecule has 0 unspecified atom stereocenters. The van der Waals surface area contributed by atoms with Crippen molar-refractivity contribution in [2.24, 2.45) is 5.92 Å². The minimum Gasteiger partial charge on any atom is -0.493 e. The summed E-state index contributed by atoms with van der Waals surface area (Å²) in [4.78, 5) is 42.2. The van der Waals surface area contributed by atoms with Gasteiger partial charge in [-0.2, -0.15) is 0 Å². The molecule has 38 heavy (non-hydrogen) atoms. The SMILES string of the molecule is COc1ccnc(C(=O)N[C@@H](C)C(=O)O[C@@H](C)[C@@H](Oc2ccccc2)c2ccccc2)c1OC(=O)C(C)C. The summed E-state index contributed by atoms with van der Waals surface area (Å²) in [5, 5.41) is 2.56. The largest absolute Gasteiger partial charge is 0.493 e. The van der Waals surface area contributed by atoms with Gasteiger partial charge in [-0.05, 0) is 31.5 Å². The Hall–Kier alpha value is -4.40. The standard InChI is InChI=1S/C29H32N2O7/c1-18(2)28(33)38-26-23(35-5)16-17-30-24(26)27(32)31-19(3)29(34)36-20(4)25(21-12-8-6-9-13-21)37-22-14-10-7-11-15-22/h6-20,25H,1-5H3,(H,31,32)/t19-,20-,25+/m0/s1. The van der Waals surface area contributed by atoms with Gasteiger partial charge < -0.3 is 24.3 Å². The molecule has 0 radical (unpaired) electrons. The van der Waals surface area contributed by atoms with E-state index in [1.54, 1.807) is 20.8 Å². The van der Waals surface area contributed by atoms with Crippen molar-refractivity contribution in [1.29, 1.82) is 0 Å². The highest BCUT2D eigenvalue weighted by molar-refractivity contribution is 5.98.